The average molecular weight is 421 g/mol. The van der Waals surface area contributed by atoms with Crippen molar-refractivity contribution in [1.29, 1.82) is 0 Å². The minimum atomic E-state index is -0.569. The lowest BCUT2D eigenvalue weighted by Gasteiger charge is -2.11. The number of nitrogens with zero attached hydrogens (tertiary/aromatic N) is 1. The number of carbonyl (C=O) groups excluding carboxylic acids is 2. The molecule has 0 bridgehead atoms. The summed E-state index contributed by atoms with van der Waals surface area (Å²) < 4.78 is 10.7. The number of anilines is 2. The van der Waals surface area contributed by atoms with Gasteiger partial charge in [-0.2, -0.15) is 0 Å². The third-order valence-electron chi connectivity index (χ3n) is 4.15. The van der Waals surface area contributed by atoms with E-state index >= 15 is 0 Å². The van der Waals surface area contributed by atoms with Gasteiger partial charge >= 0.3 is 0 Å². The minimum absolute atomic E-state index is 0.147. The molecular weight excluding hydrogens is 402 g/mol. The first-order chi connectivity index (χ1) is 15.0. The third-order valence-corrected chi connectivity index (χ3v) is 4.15. The van der Waals surface area contributed by atoms with Crippen LogP contribution < -0.4 is 20.1 Å². The average Bonchev–Trinajstić information content (AvgIpc) is 2.78. The predicted octanol–water partition coefficient (Wildman–Crippen LogP) is 3.87. The van der Waals surface area contributed by atoms with Crippen LogP contribution in [0.2, 0.25) is 0 Å². The smallest absolute Gasteiger partial charge is 0.270 e. The van der Waals surface area contributed by atoms with Gasteiger partial charge in [-0.05, 0) is 36.4 Å². The number of nitro groups is 1. The molecule has 0 aromatic heterocycles. The largest absolute Gasteiger partial charge is 0.493 e. The van der Waals surface area contributed by atoms with Crippen LogP contribution in [-0.4, -0.2) is 30.5 Å². The van der Waals surface area contributed by atoms with Crippen LogP contribution >= 0.6 is 0 Å². The van der Waals surface area contributed by atoms with Gasteiger partial charge in [-0.3, -0.25) is 19.7 Å². The SMILES string of the molecule is COc1ccccc1OCC(=O)Nc1cccc(NC(=O)c2cccc([N+](=O)[O-])c2)c1. The van der Waals surface area contributed by atoms with E-state index in [1.807, 2.05) is 0 Å². The maximum absolute atomic E-state index is 12.4. The Balaban J connectivity index is 1.61. The zero-order valence-corrected chi connectivity index (χ0v) is 16.5. The Morgan fingerprint density at radius 1 is 0.903 bits per heavy atom. The van der Waals surface area contributed by atoms with Gasteiger partial charge in [-0.1, -0.05) is 24.3 Å². The molecule has 0 aliphatic heterocycles. The molecule has 3 aromatic carbocycles. The molecule has 0 saturated carbocycles. The van der Waals surface area contributed by atoms with Crippen molar-refractivity contribution >= 4 is 28.9 Å². The normalized spacial score (nSPS) is 10.1. The summed E-state index contributed by atoms with van der Waals surface area (Å²) in [7, 11) is 1.51. The Hall–Kier alpha value is -4.40. The van der Waals surface area contributed by atoms with E-state index in [-0.39, 0.29) is 17.9 Å². The van der Waals surface area contributed by atoms with Gasteiger partial charge in [0.05, 0.1) is 12.0 Å². The van der Waals surface area contributed by atoms with Crippen LogP contribution in [-0.2, 0) is 4.79 Å². The van der Waals surface area contributed by atoms with Crippen molar-refractivity contribution in [2.45, 2.75) is 0 Å². The molecule has 3 rings (SSSR count). The van der Waals surface area contributed by atoms with Gasteiger partial charge in [0, 0.05) is 29.1 Å². The highest BCUT2D eigenvalue weighted by atomic mass is 16.6. The van der Waals surface area contributed by atoms with E-state index in [0.717, 1.165) is 0 Å². The number of rotatable bonds is 8. The van der Waals surface area contributed by atoms with Crippen molar-refractivity contribution in [2.75, 3.05) is 24.4 Å². The second-order valence-corrected chi connectivity index (χ2v) is 6.33. The lowest BCUT2D eigenvalue weighted by atomic mass is 10.2. The summed E-state index contributed by atoms with van der Waals surface area (Å²) >= 11 is 0. The van der Waals surface area contributed by atoms with E-state index in [1.54, 1.807) is 48.5 Å². The van der Waals surface area contributed by atoms with E-state index in [9.17, 15) is 19.7 Å². The van der Waals surface area contributed by atoms with E-state index < -0.39 is 16.7 Å². The Labute approximate surface area is 177 Å². The number of carbonyl (C=O) groups is 2. The molecule has 2 amide bonds. The second kappa shape index (κ2) is 9.88. The topological polar surface area (TPSA) is 120 Å². The van der Waals surface area contributed by atoms with Gasteiger partial charge in [-0.25, -0.2) is 0 Å². The van der Waals surface area contributed by atoms with E-state index in [2.05, 4.69) is 10.6 Å². The van der Waals surface area contributed by atoms with Crippen molar-refractivity contribution < 1.29 is 24.0 Å². The lowest BCUT2D eigenvalue weighted by molar-refractivity contribution is -0.384. The predicted molar refractivity (Wildman–Crippen MR) is 115 cm³/mol. The molecule has 0 spiro atoms. The monoisotopic (exact) mass is 421 g/mol. The number of nitro benzene ring substituents is 1. The molecule has 3 aromatic rings. The molecule has 0 radical (unpaired) electrons. The molecular formula is C22H19N3O6. The van der Waals surface area contributed by atoms with Crippen LogP contribution in [0.5, 0.6) is 11.5 Å². The van der Waals surface area contributed by atoms with Crippen LogP contribution in [0, 0.1) is 10.1 Å². The zero-order valence-electron chi connectivity index (χ0n) is 16.5. The summed E-state index contributed by atoms with van der Waals surface area (Å²) in [6.45, 7) is -0.232. The summed E-state index contributed by atoms with van der Waals surface area (Å²) in [6.07, 6.45) is 0. The lowest BCUT2D eigenvalue weighted by Crippen LogP contribution is -2.20. The number of para-hydroxylation sites is 2. The summed E-state index contributed by atoms with van der Waals surface area (Å²) in [5, 5.41) is 16.2. The standard InChI is InChI=1S/C22H19N3O6/c1-30-19-10-2-3-11-20(19)31-14-21(26)23-16-7-5-8-17(13-16)24-22(27)15-6-4-9-18(12-15)25(28)29/h2-13H,14H2,1H3,(H,23,26)(H,24,27). The van der Waals surface area contributed by atoms with Gasteiger partial charge in [0.25, 0.3) is 17.5 Å². The highest BCUT2D eigenvalue weighted by Crippen LogP contribution is 2.25. The van der Waals surface area contributed by atoms with Gasteiger partial charge in [0.1, 0.15) is 0 Å². The number of hydrogen-bond acceptors (Lipinski definition) is 6. The Bertz CT molecular complexity index is 1120. The van der Waals surface area contributed by atoms with E-state index in [0.29, 0.717) is 22.9 Å². The van der Waals surface area contributed by atoms with Crippen LogP contribution in [0.1, 0.15) is 10.4 Å². The van der Waals surface area contributed by atoms with Crippen LogP contribution in [0.15, 0.2) is 72.8 Å². The molecule has 31 heavy (non-hydrogen) atoms. The van der Waals surface area contributed by atoms with Crippen molar-refractivity contribution in [3.8, 4) is 11.5 Å². The first-order valence-corrected chi connectivity index (χ1v) is 9.18. The summed E-state index contributed by atoms with van der Waals surface area (Å²) in [4.78, 5) is 34.9. The molecule has 9 nitrogen and oxygen atoms in total. The number of ether oxygens (including phenoxy) is 2. The van der Waals surface area contributed by atoms with Gasteiger partial charge in [0.2, 0.25) is 0 Å². The molecule has 0 atom stereocenters. The summed E-state index contributed by atoms with van der Waals surface area (Å²) in [5.74, 6) is 0.0547. The molecule has 158 valence electrons. The number of non-ortho nitro benzene ring substituents is 1. The van der Waals surface area contributed by atoms with Crippen molar-refractivity contribution in [3.63, 3.8) is 0 Å². The second-order valence-electron chi connectivity index (χ2n) is 6.33. The molecule has 0 aliphatic rings. The van der Waals surface area contributed by atoms with Crippen molar-refractivity contribution in [1.82, 2.24) is 0 Å². The first kappa shape index (κ1) is 21.3. The fourth-order valence-electron chi connectivity index (χ4n) is 2.72. The Morgan fingerprint density at radius 2 is 1.58 bits per heavy atom. The zero-order chi connectivity index (χ0) is 22.2. The van der Waals surface area contributed by atoms with Crippen molar-refractivity contribution in [3.05, 3.63) is 88.5 Å². The molecule has 0 aliphatic carbocycles. The molecule has 2 N–H and O–H groups in total. The number of amides is 2. The third kappa shape index (κ3) is 5.80. The molecule has 0 unspecified atom stereocenters. The van der Waals surface area contributed by atoms with Crippen LogP contribution in [0.25, 0.3) is 0 Å². The number of nitrogens with one attached hydrogen (secondary N) is 2. The van der Waals surface area contributed by atoms with E-state index in [1.165, 1.54) is 31.4 Å². The van der Waals surface area contributed by atoms with Gasteiger partial charge < -0.3 is 20.1 Å². The summed E-state index contributed by atoms with van der Waals surface area (Å²) in [6, 6.07) is 18.9. The molecule has 0 fully saturated rings. The number of hydrogen-bond donors (Lipinski definition) is 2. The number of methoxy groups -OCH3 is 1. The molecule has 9 heteroatoms. The maximum atomic E-state index is 12.4. The fraction of sp³-hybridized carbons (Fsp3) is 0.0909. The van der Waals surface area contributed by atoms with Crippen molar-refractivity contribution in [2.24, 2.45) is 0 Å². The fourth-order valence-corrected chi connectivity index (χ4v) is 2.72. The number of benzene rings is 3. The minimum Gasteiger partial charge on any atom is -0.493 e. The van der Waals surface area contributed by atoms with E-state index in [4.69, 9.17) is 9.47 Å². The van der Waals surface area contributed by atoms with Gasteiger partial charge in [0.15, 0.2) is 18.1 Å². The van der Waals surface area contributed by atoms with Crippen LogP contribution in [0.3, 0.4) is 0 Å². The summed E-state index contributed by atoms with van der Waals surface area (Å²) in [5.41, 5.74) is 0.836. The van der Waals surface area contributed by atoms with Gasteiger partial charge in [-0.15, -0.1) is 0 Å². The Kier molecular flexibility index (Phi) is 6.79. The highest BCUT2D eigenvalue weighted by molar-refractivity contribution is 6.05. The first-order valence-electron chi connectivity index (χ1n) is 9.18. The molecule has 0 heterocycles. The Morgan fingerprint density at radius 3 is 2.29 bits per heavy atom. The quantitative estimate of drug-likeness (QED) is 0.421. The maximum Gasteiger partial charge on any atom is 0.270 e. The molecule has 0 saturated heterocycles. The van der Waals surface area contributed by atoms with Crippen LogP contribution in [0.4, 0.5) is 17.1 Å². The highest BCUT2D eigenvalue weighted by Gasteiger charge is 2.12.